The number of allylic oxidation sites excluding steroid dienone is 2. The van der Waals surface area contributed by atoms with Crippen molar-refractivity contribution in [1.29, 1.82) is 0 Å². The van der Waals surface area contributed by atoms with Crippen LogP contribution in [0.15, 0.2) is 11.8 Å². The Bertz CT molecular complexity index is 193. The standard InChI is InChI=1S/C11H18O/c1-8(2)9-3-4-11-10(7-9)5-6-12-11/h4,8-10H,3,5-7H2,1-2H3. The predicted octanol–water partition coefficient (Wildman–Crippen LogP) is 2.97. The summed E-state index contributed by atoms with van der Waals surface area (Å²) >= 11 is 0. The second-order valence-electron chi connectivity index (χ2n) is 4.42. The maximum Gasteiger partial charge on any atom is 0.0952 e. The first kappa shape index (κ1) is 8.15. The highest BCUT2D eigenvalue weighted by atomic mass is 16.5. The number of ether oxygens (including phenoxy) is 1. The maximum absolute atomic E-state index is 5.55. The molecule has 1 fully saturated rings. The Hall–Kier alpha value is -0.460. The Kier molecular flexibility index (Phi) is 2.12. The molecule has 1 heteroatoms. The van der Waals surface area contributed by atoms with Gasteiger partial charge in [0.15, 0.2) is 0 Å². The van der Waals surface area contributed by atoms with Gasteiger partial charge in [-0.2, -0.15) is 0 Å². The molecular weight excluding hydrogens is 148 g/mol. The molecule has 1 aliphatic heterocycles. The van der Waals surface area contributed by atoms with Crippen LogP contribution < -0.4 is 0 Å². The molecule has 2 atom stereocenters. The van der Waals surface area contributed by atoms with E-state index in [1.807, 2.05) is 0 Å². The normalized spacial score (nSPS) is 34.4. The summed E-state index contributed by atoms with van der Waals surface area (Å²) in [6, 6.07) is 0. The van der Waals surface area contributed by atoms with Crippen LogP contribution in [0.5, 0.6) is 0 Å². The van der Waals surface area contributed by atoms with Crippen LogP contribution in [0.3, 0.4) is 0 Å². The first-order valence-electron chi connectivity index (χ1n) is 5.10. The summed E-state index contributed by atoms with van der Waals surface area (Å²) in [5.74, 6) is 3.81. The lowest BCUT2D eigenvalue weighted by Gasteiger charge is -2.26. The largest absolute Gasteiger partial charge is 0.498 e. The zero-order chi connectivity index (χ0) is 8.55. The van der Waals surface area contributed by atoms with E-state index in [2.05, 4.69) is 19.9 Å². The zero-order valence-electron chi connectivity index (χ0n) is 8.05. The van der Waals surface area contributed by atoms with Crippen LogP contribution >= 0.6 is 0 Å². The van der Waals surface area contributed by atoms with E-state index >= 15 is 0 Å². The van der Waals surface area contributed by atoms with E-state index in [0.29, 0.717) is 0 Å². The highest BCUT2D eigenvalue weighted by Crippen LogP contribution is 2.38. The third kappa shape index (κ3) is 1.37. The van der Waals surface area contributed by atoms with Crippen LogP contribution in [0, 0.1) is 17.8 Å². The smallest absolute Gasteiger partial charge is 0.0952 e. The van der Waals surface area contributed by atoms with Crippen molar-refractivity contribution < 1.29 is 4.74 Å². The van der Waals surface area contributed by atoms with Crippen LogP contribution in [0.2, 0.25) is 0 Å². The topological polar surface area (TPSA) is 9.23 Å². The molecule has 2 rings (SSSR count). The summed E-state index contributed by atoms with van der Waals surface area (Å²) in [6.45, 7) is 5.62. The molecule has 0 aromatic rings. The van der Waals surface area contributed by atoms with Gasteiger partial charge in [0, 0.05) is 5.92 Å². The number of rotatable bonds is 1. The molecule has 12 heavy (non-hydrogen) atoms. The Labute approximate surface area is 74.8 Å². The number of fused-ring (bicyclic) bond motifs is 1. The first-order chi connectivity index (χ1) is 5.77. The molecule has 0 N–H and O–H groups in total. The van der Waals surface area contributed by atoms with Crippen molar-refractivity contribution in [3.05, 3.63) is 11.8 Å². The van der Waals surface area contributed by atoms with E-state index < -0.39 is 0 Å². The average molecular weight is 166 g/mol. The van der Waals surface area contributed by atoms with Gasteiger partial charge in [0.2, 0.25) is 0 Å². The molecule has 0 radical (unpaired) electrons. The quantitative estimate of drug-likeness (QED) is 0.582. The SMILES string of the molecule is CC(C)C1CC=C2OCCC2C1. The van der Waals surface area contributed by atoms with Gasteiger partial charge in [-0.1, -0.05) is 13.8 Å². The minimum atomic E-state index is 0.770. The van der Waals surface area contributed by atoms with Gasteiger partial charge in [-0.25, -0.2) is 0 Å². The number of hydrogen-bond acceptors (Lipinski definition) is 1. The van der Waals surface area contributed by atoms with E-state index in [4.69, 9.17) is 4.74 Å². The van der Waals surface area contributed by atoms with Crippen molar-refractivity contribution in [1.82, 2.24) is 0 Å². The molecule has 0 aromatic carbocycles. The molecule has 0 spiro atoms. The van der Waals surface area contributed by atoms with Gasteiger partial charge in [-0.15, -0.1) is 0 Å². The van der Waals surface area contributed by atoms with Crippen molar-refractivity contribution in [3.63, 3.8) is 0 Å². The molecule has 2 aliphatic rings. The van der Waals surface area contributed by atoms with Crippen molar-refractivity contribution in [2.75, 3.05) is 6.61 Å². The minimum Gasteiger partial charge on any atom is -0.498 e. The first-order valence-corrected chi connectivity index (χ1v) is 5.10. The molecule has 0 aromatic heterocycles. The molecule has 1 saturated heterocycles. The van der Waals surface area contributed by atoms with E-state index in [1.54, 1.807) is 0 Å². The fraction of sp³-hybridized carbons (Fsp3) is 0.818. The van der Waals surface area contributed by atoms with Crippen molar-refractivity contribution in [2.24, 2.45) is 17.8 Å². The van der Waals surface area contributed by atoms with Crippen LogP contribution in [-0.4, -0.2) is 6.61 Å². The molecule has 1 aliphatic carbocycles. The Morgan fingerprint density at radius 1 is 1.50 bits per heavy atom. The van der Waals surface area contributed by atoms with E-state index in [1.165, 1.54) is 25.0 Å². The fourth-order valence-electron chi connectivity index (χ4n) is 2.31. The Morgan fingerprint density at radius 3 is 3.08 bits per heavy atom. The summed E-state index contributed by atoms with van der Waals surface area (Å²) in [5, 5.41) is 0. The van der Waals surface area contributed by atoms with Crippen molar-refractivity contribution >= 4 is 0 Å². The van der Waals surface area contributed by atoms with Crippen molar-refractivity contribution in [3.8, 4) is 0 Å². The van der Waals surface area contributed by atoms with E-state index in [0.717, 1.165) is 24.4 Å². The van der Waals surface area contributed by atoms with Gasteiger partial charge in [-0.05, 0) is 37.2 Å². The van der Waals surface area contributed by atoms with Gasteiger partial charge in [0.25, 0.3) is 0 Å². The lowest BCUT2D eigenvalue weighted by molar-refractivity contribution is 0.233. The lowest BCUT2D eigenvalue weighted by atomic mass is 9.79. The monoisotopic (exact) mass is 166 g/mol. The van der Waals surface area contributed by atoms with Gasteiger partial charge in [0.05, 0.1) is 12.4 Å². The minimum absolute atomic E-state index is 0.770. The van der Waals surface area contributed by atoms with Gasteiger partial charge in [-0.3, -0.25) is 0 Å². The Morgan fingerprint density at radius 2 is 2.33 bits per heavy atom. The van der Waals surface area contributed by atoms with E-state index in [-0.39, 0.29) is 0 Å². The van der Waals surface area contributed by atoms with Crippen molar-refractivity contribution in [2.45, 2.75) is 33.1 Å². The second-order valence-corrected chi connectivity index (χ2v) is 4.42. The van der Waals surface area contributed by atoms with Gasteiger partial charge >= 0.3 is 0 Å². The van der Waals surface area contributed by atoms with Crippen LogP contribution in [0.4, 0.5) is 0 Å². The molecule has 2 unspecified atom stereocenters. The zero-order valence-corrected chi connectivity index (χ0v) is 8.05. The molecule has 1 heterocycles. The maximum atomic E-state index is 5.55. The van der Waals surface area contributed by atoms with Crippen LogP contribution in [0.1, 0.15) is 33.1 Å². The predicted molar refractivity (Wildman–Crippen MR) is 49.7 cm³/mol. The van der Waals surface area contributed by atoms with E-state index in [9.17, 15) is 0 Å². The highest BCUT2D eigenvalue weighted by molar-refractivity contribution is 5.07. The summed E-state index contributed by atoms with van der Waals surface area (Å²) in [4.78, 5) is 0. The second kappa shape index (κ2) is 3.12. The third-order valence-electron chi connectivity index (χ3n) is 3.29. The molecule has 0 bridgehead atoms. The van der Waals surface area contributed by atoms with Gasteiger partial charge in [0.1, 0.15) is 0 Å². The van der Waals surface area contributed by atoms with Crippen LogP contribution in [0.25, 0.3) is 0 Å². The third-order valence-corrected chi connectivity index (χ3v) is 3.29. The van der Waals surface area contributed by atoms with Gasteiger partial charge < -0.3 is 4.74 Å². The molecule has 68 valence electrons. The summed E-state index contributed by atoms with van der Waals surface area (Å²) in [5.41, 5.74) is 0. The fourth-order valence-corrected chi connectivity index (χ4v) is 2.31. The number of hydrogen-bond donors (Lipinski definition) is 0. The average Bonchev–Trinajstić information content (AvgIpc) is 2.49. The molecular formula is C11H18O. The Balaban J connectivity index is 2.04. The molecule has 0 saturated carbocycles. The highest BCUT2D eigenvalue weighted by Gasteiger charge is 2.30. The summed E-state index contributed by atoms with van der Waals surface area (Å²) in [6.07, 6.45) is 6.19. The lowest BCUT2D eigenvalue weighted by Crippen LogP contribution is -2.17. The van der Waals surface area contributed by atoms with Crippen LogP contribution in [-0.2, 0) is 4.74 Å². The molecule has 1 nitrogen and oxygen atoms in total. The molecule has 0 amide bonds. The summed E-state index contributed by atoms with van der Waals surface area (Å²) in [7, 11) is 0. The summed E-state index contributed by atoms with van der Waals surface area (Å²) < 4.78 is 5.55.